The molecular weight excluding hydrogens is 210 g/mol. The van der Waals surface area contributed by atoms with Gasteiger partial charge in [-0.3, -0.25) is 0 Å². The molecule has 17 heavy (non-hydrogen) atoms. The van der Waals surface area contributed by atoms with E-state index < -0.39 is 0 Å². The first-order chi connectivity index (χ1) is 8.29. The van der Waals surface area contributed by atoms with E-state index in [1.54, 1.807) is 0 Å². The van der Waals surface area contributed by atoms with Crippen molar-refractivity contribution >= 4 is 0 Å². The molecule has 2 N–H and O–H groups in total. The second-order valence-electron chi connectivity index (χ2n) is 5.42. The van der Waals surface area contributed by atoms with Gasteiger partial charge < -0.3 is 10.3 Å². The topological polar surface area (TPSA) is 40.7 Å². The van der Waals surface area contributed by atoms with Crippen molar-refractivity contribution in [1.29, 1.82) is 0 Å². The Morgan fingerprint density at radius 1 is 1.41 bits per heavy atom. The number of nitrogens with zero attached hydrogens (tertiary/aromatic N) is 1. The number of rotatable bonds is 5. The van der Waals surface area contributed by atoms with Crippen molar-refractivity contribution in [2.45, 2.75) is 52.0 Å². The van der Waals surface area contributed by atoms with Crippen LogP contribution >= 0.6 is 0 Å². The summed E-state index contributed by atoms with van der Waals surface area (Å²) in [6, 6.07) is 0.596. The Balaban J connectivity index is 1.92. The minimum absolute atomic E-state index is 0.596. The maximum Gasteiger partial charge on any atom is 0.107 e. The Morgan fingerprint density at radius 3 is 2.76 bits per heavy atom. The second-order valence-corrected chi connectivity index (χ2v) is 5.42. The lowest BCUT2D eigenvalue weighted by molar-refractivity contribution is 0.229. The van der Waals surface area contributed by atoms with Crippen molar-refractivity contribution in [2.24, 2.45) is 11.8 Å². The van der Waals surface area contributed by atoms with Crippen molar-refractivity contribution < 1.29 is 0 Å². The van der Waals surface area contributed by atoms with Crippen LogP contribution < -0.4 is 5.32 Å². The molecule has 0 saturated heterocycles. The first-order valence-corrected chi connectivity index (χ1v) is 7.01. The normalized spacial score (nSPS) is 26.9. The lowest BCUT2D eigenvalue weighted by Gasteiger charge is -2.33. The van der Waals surface area contributed by atoms with E-state index in [9.17, 15) is 0 Å². The molecule has 1 atom stereocenters. The first kappa shape index (κ1) is 12.6. The average Bonchev–Trinajstić information content (AvgIpc) is 2.82. The zero-order valence-electron chi connectivity index (χ0n) is 11.1. The summed E-state index contributed by atoms with van der Waals surface area (Å²) in [4.78, 5) is 7.58. The van der Waals surface area contributed by atoms with Crippen LogP contribution in [-0.4, -0.2) is 22.6 Å². The summed E-state index contributed by atoms with van der Waals surface area (Å²) in [6.45, 7) is 5.63. The second kappa shape index (κ2) is 6.20. The highest BCUT2D eigenvalue weighted by Crippen LogP contribution is 2.31. The smallest absolute Gasteiger partial charge is 0.107 e. The van der Waals surface area contributed by atoms with Crippen LogP contribution in [0.5, 0.6) is 0 Å². The van der Waals surface area contributed by atoms with Crippen LogP contribution in [0.1, 0.15) is 45.4 Å². The van der Waals surface area contributed by atoms with Crippen molar-refractivity contribution in [3.63, 3.8) is 0 Å². The van der Waals surface area contributed by atoms with E-state index in [1.807, 2.05) is 12.4 Å². The molecule has 1 aliphatic carbocycles. The summed E-state index contributed by atoms with van der Waals surface area (Å²) in [5.41, 5.74) is 0. The molecule has 1 aromatic heterocycles. The molecule has 1 saturated carbocycles. The highest BCUT2D eigenvalue weighted by Gasteiger charge is 2.26. The van der Waals surface area contributed by atoms with Gasteiger partial charge in [0.05, 0.1) is 0 Å². The van der Waals surface area contributed by atoms with Gasteiger partial charge in [0, 0.05) is 24.9 Å². The third-order valence-electron chi connectivity index (χ3n) is 4.06. The lowest BCUT2D eigenvalue weighted by Crippen LogP contribution is -2.39. The Kier molecular flexibility index (Phi) is 4.60. The third-order valence-corrected chi connectivity index (χ3v) is 4.06. The predicted molar refractivity (Wildman–Crippen MR) is 70.9 cm³/mol. The molecule has 96 valence electrons. The molecule has 0 amide bonds. The zero-order valence-corrected chi connectivity index (χ0v) is 11.1. The molecule has 0 radical (unpaired) electrons. The maximum absolute atomic E-state index is 4.35. The van der Waals surface area contributed by atoms with Crippen LogP contribution in [0.25, 0.3) is 0 Å². The third kappa shape index (κ3) is 3.56. The van der Waals surface area contributed by atoms with Crippen molar-refractivity contribution in [2.75, 3.05) is 6.54 Å². The fourth-order valence-corrected chi connectivity index (χ4v) is 2.97. The first-order valence-electron chi connectivity index (χ1n) is 7.01. The molecule has 3 nitrogen and oxygen atoms in total. The molecule has 1 fully saturated rings. The van der Waals surface area contributed by atoms with E-state index in [2.05, 4.69) is 29.1 Å². The Bertz CT molecular complexity index is 299. The minimum Gasteiger partial charge on any atom is -0.349 e. The van der Waals surface area contributed by atoms with E-state index >= 15 is 0 Å². The summed E-state index contributed by atoms with van der Waals surface area (Å²) < 4.78 is 0. The number of aromatic amines is 1. The van der Waals surface area contributed by atoms with Crippen LogP contribution in [0.3, 0.4) is 0 Å². The Morgan fingerprint density at radius 2 is 2.18 bits per heavy atom. The number of nitrogens with one attached hydrogen (secondary N) is 2. The van der Waals surface area contributed by atoms with Crippen LogP contribution in [-0.2, 0) is 6.42 Å². The van der Waals surface area contributed by atoms with Gasteiger partial charge in [-0.2, -0.15) is 0 Å². The molecule has 1 aliphatic rings. The van der Waals surface area contributed by atoms with Crippen LogP contribution in [0, 0.1) is 11.8 Å². The van der Waals surface area contributed by atoms with Crippen LogP contribution in [0.2, 0.25) is 0 Å². The molecule has 0 spiro atoms. The standard InChI is InChI=1S/C14H25N3/c1-3-15-13(10-14-16-8-9-17-14)12-6-4-11(2)5-7-12/h8-9,11-13,15H,3-7,10H2,1-2H3,(H,16,17). The molecule has 1 aromatic rings. The van der Waals surface area contributed by atoms with E-state index in [4.69, 9.17) is 0 Å². The van der Waals surface area contributed by atoms with Crippen molar-refractivity contribution in [3.05, 3.63) is 18.2 Å². The van der Waals surface area contributed by atoms with E-state index in [0.717, 1.165) is 30.6 Å². The van der Waals surface area contributed by atoms with Gasteiger partial charge in [0.15, 0.2) is 0 Å². The van der Waals surface area contributed by atoms with E-state index in [0.29, 0.717) is 6.04 Å². The number of hydrogen-bond acceptors (Lipinski definition) is 2. The lowest BCUT2D eigenvalue weighted by atomic mass is 9.78. The molecular formula is C14H25N3. The van der Waals surface area contributed by atoms with Gasteiger partial charge in [-0.05, 0) is 31.2 Å². The predicted octanol–water partition coefficient (Wildman–Crippen LogP) is 2.76. The van der Waals surface area contributed by atoms with Crippen molar-refractivity contribution in [1.82, 2.24) is 15.3 Å². The molecule has 0 aromatic carbocycles. The maximum atomic E-state index is 4.35. The molecule has 3 heteroatoms. The molecule has 1 unspecified atom stereocenters. The molecule has 1 heterocycles. The molecule has 2 rings (SSSR count). The fraction of sp³-hybridized carbons (Fsp3) is 0.786. The number of likely N-dealkylation sites (N-methyl/N-ethyl adjacent to an activating group) is 1. The summed E-state index contributed by atoms with van der Waals surface area (Å²) in [5, 5.41) is 3.65. The number of hydrogen-bond donors (Lipinski definition) is 2. The number of H-pyrrole nitrogens is 1. The summed E-state index contributed by atoms with van der Waals surface area (Å²) in [5.74, 6) is 2.88. The minimum atomic E-state index is 0.596. The molecule has 0 bridgehead atoms. The summed E-state index contributed by atoms with van der Waals surface area (Å²) in [6.07, 6.45) is 10.3. The quantitative estimate of drug-likeness (QED) is 0.824. The largest absolute Gasteiger partial charge is 0.349 e. The highest BCUT2D eigenvalue weighted by atomic mass is 14.9. The van der Waals surface area contributed by atoms with Gasteiger partial charge in [0.1, 0.15) is 5.82 Å². The highest BCUT2D eigenvalue weighted by molar-refractivity contribution is 4.94. The summed E-state index contributed by atoms with van der Waals surface area (Å²) in [7, 11) is 0. The van der Waals surface area contributed by atoms with Gasteiger partial charge in [0.25, 0.3) is 0 Å². The van der Waals surface area contributed by atoms with Gasteiger partial charge in [-0.1, -0.05) is 26.7 Å². The Labute approximate surface area is 104 Å². The van der Waals surface area contributed by atoms with Gasteiger partial charge in [0.2, 0.25) is 0 Å². The van der Waals surface area contributed by atoms with Gasteiger partial charge in [-0.15, -0.1) is 0 Å². The van der Waals surface area contributed by atoms with E-state index in [-0.39, 0.29) is 0 Å². The molecule has 0 aliphatic heterocycles. The monoisotopic (exact) mass is 235 g/mol. The van der Waals surface area contributed by atoms with Crippen LogP contribution in [0.15, 0.2) is 12.4 Å². The summed E-state index contributed by atoms with van der Waals surface area (Å²) >= 11 is 0. The van der Waals surface area contributed by atoms with Gasteiger partial charge >= 0.3 is 0 Å². The van der Waals surface area contributed by atoms with E-state index in [1.165, 1.54) is 25.7 Å². The van der Waals surface area contributed by atoms with Crippen molar-refractivity contribution in [3.8, 4) is 0 Å². The number of imidazole rings is 1. The number of aromatic nitrogens is 2. The zero-order chi connectivity index (χ0) is 12.1. The Hall–Kier alpha value is -0.830. The SMILES string of the molecule is CCNC(Cc1ncc[nH]1)C1CCC(C)CC1. The fourth-order valence-electron chi connectivity index (χ4n) is 2.97. The van der Waals surface area contributed by atoms with Gasteiger partial charge in [-0.25, -0.2) is 4.98 Å². The average molecular weight is 235 g/mol. The van der Waals surface area contributed by atoms with Crippen LogP contribution in [0.4, 0.5) is 0 Å².